The number of anilines is 1. The molecule has 4 rings (SSSR count). The fourth-order valence-electron chi connectivity index (χ4n) is 3.54. The molecule has 0 unspecified atom stereocenters. The summed E-state index contributed by atoms with van der Waals surface area (Å²) in [6, 6.07) is 11.6. The average Bonchev–Trinajstić information content (AvgIpc) is 2.99. The lowest BCUT2D eigenvalue weighted by Crippen LogP contribution is -2.40. The van der Waals surface area contributed by atoms with Crippen molar-refractivity contribution in [2.45, 2.75) is 25.9 Å². The van der Waals surface area contributed by atoms with E-state index in [9.17, 15) is 19.7 Å². The maximum absolute atomic E-state index is 12.9. The van der Waals surface area contributed by atoms with E-state index >= 15 is 0 Å². The van der Waals surface area contributed by atoms with Crippen molar-refractivity contribution in [1.29, 1.82) is 0 Å². The molecule has 0 fully saturated rings. The van der Waals surface area contributed by atoms with Gasteiger partial charge >= 0.3 is 0 Å². The molecule has 1 aromatic heterocycles. The lowest BCUT2D eigenvalue weighted by Gasteiger charge is -2.23. The molecule has 136 valence electrons. The van der Waals surface area contributed by atoms with Crippen LogP contribution in [0.3, 0.4) is 0 Å². The Morgan fingerprint density at radius 1 is 1.30 bits per heavy atom. The van der Waals surface area contributed by atoms with E-state index in [1.54, 1.807) is 4.90 Å². The number of aromatic nitrogens is 2. The monoisotopic (exact) mass is 364 g/mol. The predicted octanol–water partition coefficient (Wildman–Crippen LogP) is 2.28. The first-order valence-electron chi connectivity index (χ1n) is 8.49. The molecule has 0 bridgehead atoms. The first-order chi connectivity index (χ1) is 13.0. The Morgan fingerprint density at radius 3 is 2.85 bits per heavy atom. The van der Waals surface area contributed by atoms with E-state index < -0.39 is 10.5 Å². The second-order valence-corrected chi connectivity index (χ2v) is 6.58. The summed E-state index contributed by atoms with van der Waals surface area (Å²) in [5.74, 6) is -0.221. The molecule has 1 aliphatic rings. The minimum atomic E-state index is -0.565. The van der Waals surface area contributed by atoms with E-state index in [1.807, 2.05) is 31.2 Å². The molecule has 1 aliphatic heterocycles. The molecule has 0 aliphatic carbocycles. The minimum Gasteiger partial charge on any atom is -0.307 e. The molecule has 3 aromatic rings. The molecule has 2 aromatic carbocycles. The van der Waals surface area contributed by atoms with Crippen LogP contribution >= 0.6 is 0 Å². The van der Waals surface area contributed by atoms with E-state index in [0.29, 0.717) is 5.52 Å². The van der Waals surface area contributed by atoms with Gasteiger partial charge in [0.25, 0.3) is 11.2 Å². The molecule has 0 N–H and O–H groups in total. The molecule has 0 spiro atoms. The molecule has 0 saturated heterocycles. The number of nitro benzene ring substituents is 1. The van der Waals surface area contributed by atoms with Crippen molar-refractivity contribution in [1.82, 2.24) is 9.55 Å². The van der Waals surface area contributed by atoms with Gasteiger partial charge < -0.3 is 4.90 Å². The predicted molar refractivity (Wildman–Crippen MR) is 99.8 cm³/mol. The van der Waals surface area contributed by atoms with Crippen LogP contribution in [0.4, 0.5) is 11.4 Å². The molecule has 8 nitrogen and oxygen atoms in total. The standard InChI is InChI=1S/C19H16N4O4/c1-12-8-13-4-2-3-5-17(13)22(12)18(24)10-21-11-20-16-7-6-14(23(26)27)9-15(16)19(21)25/h2-7,9,11-12H,8,10H2,1H3/t12-/m0/s1. The second kappa shape index (κ2) is 6.31. The number of hydrogen-bond acceptors (Lipinski definition) is 5. The summed E-state index contributed by atoms with van der Waals surface area (Å²) in [7, 11) is 0. The number of carbonyl (C=O) groups excluding carboxylic acids is 1. The van der Waals surface area contributed by atoms with Crippen molar-refractivity contribution in [3.05, 3.63) is 74.8 Å². The maximum Gasteiger partial charge on any atom is 0.270 e. The van der Waals surface area contributed by atoms with Crippen molar-refractivity contribution >= 4 is 28.2 Å². The Kier molecular flexibility index (Phi) is 3.95. The van der Waals surface area contributed by atoms with E-state index in [-0.39, 0.29) is 29.6 Å². The van der Waals surface area contributed by atoms with Gasteiger partial charge in [0.2, 0.25) is 5.91 Å². The molecule has 1 atom stereocenters. The topological polar surface area (TPSA) is 98.3 Å². The zero-order chi connectivity index (χ0) is 19.1. The van der Waals surface area contributed by atoms with Crippen molar-refractivity contribution in [3.63, 3.8) is 0 Å². The second-order valence-electron chi connectivity index (χ2n) is 6.58. The summed E-state index contributed by atoms with van der Waals surface area (Å²) in [6.45, 7) is 1.78. The SMILES string of the molecule is C[C@H]1Cc2ccccc2N1C(=O)Cn1cnc2ccc([N+](=O)[O-])cc2c1=O. The Labute approximate surface area is 153 Å². The van der Waals surface area contributed by atoms with E-state index in [4.69, 9.17) is 0 Å². The normalized spacial score (nSPS) is 15.7. The van der Waals surface area contributed by atoms with Crippen LogP contribution in [0.2, 0.25) is 0 Å². The van der Waals surface area contributed by atoms with Gasteiger partial charge in [0, 0.05) is 23.9 Å². The molecular weight excluding hydrogens is 348 g/mol. The van der Waals surface area contributed by atoms with E-state index in [1.165, 1.54) is 29.1 Å². The number of nitrogens with zero attached hydrogens (tertiary/aromatic N) is 4. The van der Waals surface area contributed by atoms with Gasteiger partial charge in [0.05, 0.1) is 22.2 Å². The summed E-state index contributed by atoms with van der Waals surface area (Å²) in [6.07, 6.45) is 2.07. The first-order valence-corrected chi connectivity index (χ1v) is 8.49. The summed E-state index contributed by atoms with van der Waals surface area (Å²) < 4.78 is 1.20. The third-order valence-electron chi connectivity index (χ3n) is 4.80. The Morgan fingerprint density at radius 2 is 2.07 bits per heavy atom. The lowest BCUT2D eigenvalue weighted by molar-refractivity contribution is -0.384. The number of hydrogen-bond donors (Lipinski definition) is 0. The van der Waals surface area contributed by atoms with Crippen molar-refractivity contribution in [3.8, 4) is 0 Å². The van der Waals surface area contributed by atoms with Crippen LogP contribution in [0.15, 0.2) is 53.6 Å². The fourth-order valence-corrected chi connectivity index (χ4v) is 3.54. The molecular formula is C19H16N4O4. The van der Waals surface area contributed by atoms with Crippen molar-refractivity contribution in [2.75, 3.05) is 4.90 Å². The number of rotatable bonds is 3. The number of fused-ring (bicyclic) bond motifs is 2. The van der Waals surface area contributed by atoms with Gasteiger partial charge in [-0.2, -0.15) is 0 Å². The summed E-state index contributed by atoms with van der Waals surface area (Å²) in [5.41, 5.74) is 1.64. The zero-order valence-corrected chi connectivity index (χ0v) is 14.5. The summed E-state index contributed by atoms with van der Waals surface area (Å²) >= 11 is 0. The van der Waals surface area contributed by atoms with Crippen LogP contribution in [0.5, 0.6) is 0 Å². The van der Waals surface area contributed by atoms with Gasteiger partial charge in [-0.25, -0.2) is 4.98 Å². The van der Waals surface area contributed by atoms with Gasteiger partial charge in [-0.1, -0.05) is 18.2 Å². The number of nitro groups is 1. The quantitative estimate of drug-likeness (QED) is 0.524. The highest BCUT2D eigenvalue weighted by atomic mass is 16.6. The van der Waals surface area contributed by atoms with Crippen molar-refractivity contribution in [2.24, 2.45) is 0 Å². The Bertz CT molecular complexity index is 1140. The molecule has 0 radical (unpaired) electrons. The third kappa shape index (κ3) is 2.84. The number of amides is 1. The van der Waals surface area contributed by atoms with Gasteiger partial charge in [-0.3, -0.25) is 24.3 Å². The maximum atomic E-state index is 12.9. The zero-order valence-electron chi connectivity index (χ0n) is 14.5. The molecule has 1 amide bonds. The van der Waals surface area contributed by atoms with Crippen LogP contribution in [0.1, 0.15) is 12.5 Å². The Balaban J connectivity index is 1.69. The molecule has 27 heavy (non-hydrogen) atoms. The summed E-state index contributed by atoms with van der Waals surface area (Å²) in [5, 5.41) is 11.1. The highest BCUT2D eigenvalue weighted by Crippen LogP contribution is 2.31. The Hall–Kier alpha value is -3.55. The largest absolute Gasteiger partial charge is 0.307 e. The van der Waals surface area contributed by atoms with Crippen LogP contribution in [-0.2, 0) is 17.8 Å². The van der Waals surface area contributed by atoms with Gasteiger partial charge in [0.15, 0.2) is 0 Å². The number of carbonyl (C=O) groups is 1. The number of non-ortho nitro benzene ring substituents is 1. The van der Waals surface area contributed by atoms with Crippen LogP contribution in [0.25, 0.3) is 10.9 Å². The first kappa shape index (κ1) is 16.9. The molecule has 0 saturated carbocycles. The smallest absolute Gasteiger partial charge is 0.270 e. The van der Waals surface area contributed by atoms with Crippen molar-refractivity contribution < 1.29 is 9.72 Å². The number of para-hydroxylation sites is 1. The van der Waals surface area contributed by atoms with E-state index in [2.05, 4.69) is 4.98 Å². The van der Waals surface area contributed by atoms with Crippen LogP contribution in [-0.4, -0.2) is 26.4 Å². The summed E-state index contributed by atoms with van der Waals surface area (Å²) in [4.78, 5) is 41.8. The molecule has 2 heterocycles. The van der Waals surface area contributed by atoms with Gasteiger partial charge in [-0.05, 0) is 31.0 Å². The molecule has 8 heteroatoms. The van der Waals surface area contributed by atoms with Crippen LogP contribution in [0, 0.1) is 10.1 Å². The van der Waals surface area contributed by atoms with Gasteiger partial charge in [-0.15, -0.1) is 0 Å². The van der Waals surface area contributed by atoms with Gasteiger partial charge in [0.1, 0.15) is 6.54 Å². The number of benzene rings is 2. The van der Waals surface area contributed by atoms with Crippen LogP contribution < -0.4 is 10.5 Å². The van der Waals surface area contributed by atoms with E-state index in [0.717, 1.165) is 17.7 Å². The minimum absolute atomic E-state index is 0.0000973. The third-order valence-corrected chi connectivity index (χ3v) is 4.80. The fraction of sp³-hybridized carbons (Fsp3) is 0.211. The highest BCUT2D eigenvalue weighted by molar-refractivity contribution is 5.96. The average molecular weight is 364 g/mol. The highest BCUT2D eigenvalue weighted by Gasteiger charge is 2.30. The lowest BCUT2D eigenvalue weighted by atomic mass is 10.1.